The first-order chi connectivity index (χ1) is 10.8. The topological polar surface area (TPSA) is 42.4 Å². The number of piperidine rings is 1. The van der Waals surface area contributed by atoms with Crippen LogP contribution in [0.1, 0.15) is 36.0 Å². The summed E-state index contributed by atoms with van der Waals surface area (Å²) < 4.78 is 6.06. The third kappa shape index (κ3) is 2.50. The van der Waals surface area contributed by atoms with Gasteiger partial charge in [-0.1, -0.05) is 0 Å². The number of nitrogens with zero attached hydrogens (tertiary/aromatic N) is 2. The summed E-state index contributed by atoms with van der Waals surface area (Å²) in [6.07, 6.45) is 7.71. The van der Waals surface area contributed by atoms with Crippen molar-refractivity contribution in [1.29, 1.82) is 0 Å². The van der Waals surface area contributed by atoms with Gasteiger partial charge in [0.2, 0.25) is 0 Å². The van der Waals surface area contributed by atoms with Gasteiger partial charge in [-0.3, -0.25) is 9.78 Å². The molecule has 0 spiro atoms. The maximum atomic E-state index is 12.7. The molecule has 0 aliphatic carbocycles. The summed E-state index contributed by atoms with van der Waals surface area (Å²) in [7, 11) is 0. The zero-order chi connectivity index (χ0) is 14.9. The molecule has 0 radical (unpaired) electrons. The molecule has 2 atom stereocenters. The van der Waals surface area contributed by atoms with Crippen LogP contribution in [0.4, 0.5) is 0 Å². The third-order valence-corrected chi connectivity index (χ3v) is 5.31. The Kier molecular flexibility index (Phi) is 3.58. The fourth-order valence-corrected chi connectivity index (χ4v) is 4.33. The van der Waals surface area contributed by atoms with Crippen LogP contribution in [-0.2, 0) is 0 Å². The van der Waals surface area contributed by atoms with Crippen LogP contribution in [0.2, 0.25) is 0 Å². The van der Waals surface area contributed by atoms with Gasteiger partial charge in [-0.2, -0.15) is 11.3 Å². The lowest BCUT2D eigenvalue weighted by atomic mass is 9.98. The zero-order valence-electron chi connectivity index (χ0n) is 12.2. The highest BCUT2D eigenvalue weighted by Gasteiger charge is 2.44. The molecule has 2 fully saturated rings. The van der Waals surface area contributed by atoms with Crippen LogP contribution in [0.5, 0.6) is 5.75 Å². The molecular weight excluding hydrogens is 296 g/mol. The zero-order valence-corrected chi connectivity index (χ0v) is 13.0. The molecule has 5 heteroatoms. The number of fused-ring (bicyclic) bond motifs is 2. The number of carbonyl (C=O) groups is 1. The number of pyridine rings is 1. The Balaban J connectivity index is 1.47. The molecule has 4 rings (SSSR count). The first-order valence-corrected chi connectivity index (χ1v) is 8.67. The predicted molar refractivity (Wildman–Crippen MR) is 85.2 cm³/mol. The second-order valence-corrected chi connectivity index (χ2v) is 6.79. The number of aromatic nitrogens is 1. The Morgan fingerprint density at radius 1 is 1.27 bits per heavy atom. The highest BCUT2D eigenvalue weighted by atomic mass is 32.1. The molecule has 0 aromatic carbocycles. The van der Waals surface area contributed by atoms with Gasteiger partial charge in [0.25, 0.3) is 5.91 Å². The fourth-order valence-electron chi connectivity index (χ4n) is 3.70. The maximum absolute atomic E-state index is 12.7. The Hall–Kier alpha value is -1.88. The smallest absolute Gasteiger partial charge is 0.255 e. The molecule has 22 heavy (non-hydrogen) atoms. The largest absolute Gasteiger partial charge is 0.489 e. The lowest BCUT2D eigenvalue weighted by Crippen LogP contribution is -2.49. The van der Waals surface area contributed by atoms with E-state index in [-0.39, 0.29) is 12.0 Å². The Morgan fingerprint density at radius 3 is 2.73 bits per heavy atom. The summed E-state index contributed by atoms with van der Waals surface area (Å²) in [4.78, 5) is 18.9. The van der Waals surface area contributed by atoms with E-state index in [0.29, 0.717) is 12.1 Å². The number of hydrogen-bond acceptors (Lipinski definition) is 4. The van der Waals surface area contributed by atoms with E-state index in [1.165, 1.54) is 0 Å². The molecule has 0 saturated carbocycles. The van der Waals surface area contributed by atoms with Gasteiger partial charge in [0.15, 0.2) is 0 Å². The van der Waals surface area contributed by atoms with Gasteiger partial charge in [-0.15, -0.1) is 0 Å². The van der Waals surface area contributed by atoms with Crippen LogP contribution in [-0.4, -0.2) is 34.0 Å². The number of ether oxygens (including phenoxy) is 1. The molecule has 4 nitrogen and oxygen atoms in total. The van der Waals surface area contributed by atoms with E-state index in [9.17, 15) is 4.79 Å². The van der Waals surface area contributed by atoms with Crippen LogP contribution in [0.3, 0.4) is 0 Å². The van der Waals surface area contributed by atoms with E-state index in [0.717, 1.165) is 37.0 Å². The van der Waals surface area contributed by atoms with E-state index in [2.05, 4.69) is 9.88 Å². The first-order valence-electron chi connectivity index (χ1n) is 7.73. The van der Waals surface area contributed by atoms with Crippen molar-refractivity contribution in [2.24, 2.45) is 0 Å². The Labute approximate surface area is 133 Å². The molecular formula is C17H18N2O2S. The lowest BCUT2D eigenvalue weighted by Gasteiger charge is -2.38. The van der Waals surface area contributed by atoms with Gasteiger partial charge in [-0.05, 0) is 36.4 Å². The van der Waals surface area contributed by atoms with E-state index in [4.69, 9.17) is 4.74 Å². The summed E-state index contributed by atoms with van der Waals surface area (Å²) in [6.45, 7) is 0. The van der Waals surface area contributed by atoms with E-state index >= 15 is 0 Å². The van der Waals surface area contributed by atoms with Crippen LogP contribution in [0.15, 0.2) is 41.4 Å². The quantitative estimate of drug-likeness (QED) is 0.872. The number of thiophene rings is 1. The lowest BCUT2D eigenvalue weighted by molar-refractivity contribution is 0.0358. The molecule has 2 aliphatic rings. The molecule has 2 aromatic heterocycles. The molecule has 114 valence electrons. The number of rotatable bonds is 3. The van der Waals surface area contributed by atoms with Crippen molar-refractivity contribution in [2.45, 2.75) is 43.9 Å². The van der Waals surface area contributed by atoms with Crippen LogP contribution < -0.4 is 4.74 Å². The van der Waals surface area contributed by atoms with Gasteiger partial charge in [0.05, 0.1) is 11.8 Å². The summed E-state index contributed by atoms with van der Waals surface area (Å²) in [6, 6.07) is 6.38. The number of amides is 1. The van der Waals surface area contributed by atoms with Crippen molar-refractivity contribution >= 4 is 17.2 Å². The molecule has 2 aliphatic heterocycles. The Morgan fingerprint density at radius 2 is 2.09 bits per heavy atom. The average molecular weight is 314 g/mol. The predicted octanol–water partition coefficient (Wildman–Crippen LogP) is 3.36. The SMILES string of the molecule is O=C(c1ccsc1)N1C2CCC1CC(Oc1cccnc1)C2. The number of hydrogen-bond donors (Lipinski definition) is 0. The van der Waals surface area contributed by atoms with Gasteiger partial charge in [0, 0.05) is 36.5 Å². The second-order valence-electron chi connectivity index (χ2n) is 6.01. The highest BCUT2D eigenvalue weighted by Crippen LogP contribution is 2.38. The van der Waals surface area contributed by atoms with Crippen molar-refractivity contribution in [3.05, 3.63) is 46.9 Å². The number of carbonyl (C=O) groups excluding carboxylic acids is 1. The minimum atomic E-state index is 0.188. The van der Waals surface area contributed by atoms with E-state index in [1.807, 2.05) is 29.0 Å². The van der Waals surface area contributed by atoms with Gasteiger partial charge >= 0.3 is 0 Å². The van der Waals surface area contributed by atoms with E-state index < -0.39 is 0 Å². The van der Waals surface area contributed by atoms with Crippen molar-refractivity contribution in [3.63, 3.8) is 0 Å². The average Bonchev–Trinajstić information content (AvgIpc) is 3.15. The van der Waals surface area contributed by atoms with Crippen molar-refractivity contribution < 1.29 is 9.53 Å². The summed E-state index contributed by atoms with van der Waals surface area (Å²) in [5.41, 5.74) is 0.827. The van der Waals surface area contributed by atoms with Gasteiger partial charge in [0.1, 0.15) is 11.9 Å². The molecule has 2 aromatic rings. The maximum Gasteiger partial charge on any atom is 0.255 e. The summed E-state index contributed by atoms with van der Waals surface area (Å²) in [5.74, 6) is 1.01. The minimum absolute atomic E-state index is 0.188. The molecule has 2 bridgehead atoms. The standard InChI is InChI=1S/C17H18N2O2S/c20-17(12-5-7-22-11-12)19-13-3-4-14(19)9-16(8-13)21-15-2-1-6-18-10-15/h1-2,5-7,10-11,13-14,16H,3-4,8-9H2. The van der Waals surface area contributed by atoms with Crippen LogP contribution in [0.25, 0.3) is 0 Å². The molecule has 2 saturated heterocycles. The van der Waals surface area contributed by atoms with Crippen molar-refractivity contribution in [3.8, 4) is 5.75 Å². The molecule has 2 unspecified atom stereocenters. The summed E-state index contributed by atoms with van der Waals surface area (Å²) in [5, 5.41) is 3.91. The molecule has 1 amide bonds. The van der Waals surface area contributed by atoms with E-state index in [1.54, 1.807) is 23.7 Å². The second kappa shape index (κ2) is 5.72. The monoisotopic (exact) mass is 314 g/mol. The fraction of sp³-hybridized carbons (Fsp3) is 0.412. The Bertz CT molecular complexity index is 630. The highest BCUT2D eigenvalue weighted by molar-refractivity contribution is 7.08. The molecule has 4 heterocycles. The first kappa shape index (κ1) is 13.8. The van der Waals surface area contributed by atoms with Crippen LogP contribution in [0, 0.1) is 0 Å². The van der Waals surface area contributed by atoms with Crippen molar-refractivity contribution in [1.82, 2.24) is 9.88 Å². The van der Waals surface area contributed by atoms with Crippen molar-refractivity contribution in [2.75, 3.05) is 0 Å². The minimum Gasteiger partial charge on any atom is -0.489 e. The van der Waals surface area contributed by atoms with Gasteiger partial charge in [-0.25, -0.2) is 0 Å². The normalized spacial score (nSPS) is 26.9. The summed E-state index contributed by atoms with van der Waals surface area (Å²) >= 11 is 1.58. The third-order valence-electron chi connectivity index (χ3n) is 4.63. The molecule has 0 N–H and O–H groups in total. The van der Waals surface area contributed by atoms with Gasteiger partial charge < -0.3 is 9.64 Å². The van der Waals surface area contributed by atoms with Crippen LogP contribution >= 0.6 is 11.3 Å².